The lowest BCUT2D eigenvalue weighted by molar-refractivity contribution is -0.145. The first-order chi connectivity index (χ1) is 12.7. The highest BCUT2D eigenvalue weighted by atomic mass is 16.5. The van der Waals surface area contributed by atoms with Gasteiger partial charge < -0.3 is 9.84 Å². The van der Waals surface area contributed by atoms with Crippen LogP contribution in [0.4, 0.5) is 0 Å². The number of carboxylic acid groups (broad SMARTS) is 1. The van der Waals surface area contributed by atoms with Crippen molar-refractivity contribution in [3.8, 4) is 16.9 Å². The quantitative estimate of drug-likeness (QED) is 0.655. The van der Waals surface area contributed by atoms with E-state index in [4.69, 9.17) is 4.74 Å². The number of ether oxygens (including phenoxy) is 1. The molecular weight excluding hydrogens is 324 g/mol. The SMILES string of the molecule is CCc1ccc(C[C@H](Oc2ccc(-c3ccccc3)cc2)C(=O)O)cc1. The largest absolute Gasteiger partial charge is 0.478 e. The molecule has 0 aliphatic heterocycles. The molecule has 132 valence electrons. The van der Waals surface area contributed by atoms with Gasteiger partial charge in [-0.2, -0.15) is 0 Å². The van der Waals surface area contributed by atoms with E-state index in [0.717, 1.165) is 23.1 Å². The van der Waals surface area contributed by atoms with Crippen LogP contribution in [0.1, 0.15) is 18.1 Å². The molecule has 0 amide bonds. The molecule has 0 fully saturated rings. The number of aryl methyl sites for hydroxylation is 1. The van der Waals surface area contributed by atoms with Crippen molar-refractivity contribution in [2.45, 2.75) is 25.9 Å². The molecule has 3 aromatic carbocycles. The third kappa shape index (κ3) is 4.51. The number of benzene rings is 3. The Bertz CT molecular complexity index is 837. The molecule has 0 unspecified atom stereocenters. The van der Waals surface area contributed by atoms with E-state index >= 15 is 0 Å². The number of carboxylic acids is 1. The van der Waals surface area contributed by atoms with Crippen LogP contribution < -0.4 is 4.74 Å². The van der Waals surface area contributed by atoms with Gasteiger partial charge in [-0.25, -0.2) is 4.79 Å². The van der Waals surface area contributed by atoms with Crippen molar-refractivity contribution in [1.82, 2.24) is 0 Å². The molecule has 0 saturated carbocycles. The Balaban J connectivity index is 1.70. The summed E-state index contributed by atoms with van der Waals surface area (Å²) in [5.41, 5.74) is 4.37. The fourth-order valence-electron chi connectivity index (χ4n) is 2.83. The number of hydrogen-bond donors (Lipinski definition) is 1. The first-order valence-corrected chi connectivity index (χ1v) is 8.78. The minimum atomic E-state index is -0.961. The number of rotatable bonds is 7. The van der Waals surface area contributed by atoms with Crippen LogP contribution in [0, 0.1) is 0 Å². The van der Waals surface area contributed by atoms with Crippen molar-refractivity contribution in [2.75, 3.05) is 0 Å². The highest BCUT2D eigenvalue weighted by Crippen LogP contribution is 2.23. The maximum atomic E-state index is 11.6. The van der Waals surface area contributed by atoms with Gasteiger partial charge in [-0.05, 0) is 40.8 Å². The lowest BCUT2D eigenvalue weighted by Crippen LogP contribution is -2.29. The Morgan fingerprint density at radius 2 is 1.42 bits per heavy atom. The van der Waals surface area contributed by atoms with Crippen molar-refractivity contribution in [2.24, 2.45) is 0 Å². The topological polar surface area (TPSA) is 46.5 Å². The standard InChI is InChI=1S/C23H22O3/c1-2-17-8-10-18(11-9-17)16-22(23(24)25)26-21-14-12-20(13-15-21)19-6-4-3-5-7-19/h3-15,22H,2,16H2,1H3,(H,24,25)/t22-/m0/s1. The summed E-state index contributed by atoms with van der Waals surface area (Å²) in [6.45, 7) is 2.09. The zero-order chi connectivity index (χ0) is 18.4. The summed E-state index contributed by atoms with van der Waals surface area (Å²) < 4.78 is 5.73. The third-order valence-corrected chi connectivity index (χ3v) is 4.37. The summed E-state index contributed by atoms with van der Waals surface area (Å²) in [4.78, 5) is 11.6. The molecule has 3 rings (SSSR count). The summed E-state index contributed by atoms with van der Waals surface area (Å²) in [7, 11) is 0. The molecule has 1 atom stereocenters. The Morgan fingerprint density at radius 3 is 2.00 bits per heavy atom. The van der Waals surface area contributed by atoms with Gasteiger partial charge >= 0.3 is 5.97 Å². The minimum Gasteiger partial charge on any atom is -0.478 e. The Labute approximate surface area is 153 Å². The second kappa shape index (κ2) is 8.34. The Hall–Kier alpha value is -3.07. The molecule has 1 N–H and O–H groups in total. The monoisotopic (exact) mass is 346 g/mol. The summed E-state index contributed by atoms with van der Waals surface area (Å²) in [5.74, 6) is -0.404. The van der Waals surface area contributed by atoms with Gasteiger partial charge in [0.2, 0.25) is 0 Å². The van der Waals surface area contributed by atoms with Gasteiger partial charge in [0, 0.05) is 6.42 Å². The highest BCUT2D eigenvalue weighted by Gasteiger charge is 2.20. The lowest BCUT2D eigenvalue weighted by atomic mass is 10.0. The van der Waals surface area contributed by atoms with E-state index in [1.807, 2.05) is 78.9 Å². The van der Waals surface area contributed by atoms with E-state index in [0.29, 0.717) is 12.2 Å². The second-order valence-electron chi connectivity index (χ2n) is 6.21. The first kappa shape index (κ1) is 17.7. The third-order valence-electron chi connectivity index (χ3n) is 4.37. The van der Waals surface area contributed by atoms with Crippen LogP contribution in [0.15, 0.2) is 78.9 Å². The van der Waals surface area contributed by atoms with Crippen molar-refractivity contribution in [3.05, 3.63) is 90.0 Å². The molecule has 0 heterocycles. The average molecular weight is 346 g/mol. The van der Waals surface area contributed by atoms with E-state index in [1.54, 1.807) is 0 Å². The fraction of sp³-hybridized carbons (Fsp3) is 0.174. The van der Waals surface area contributed by atoms with E-state index in [9.17, 15) is 9.90 Å². The summed E-state index contributed by atoms with van der Waals surface area (Å²) in [5, 5.41) is 9.50. The highest BCUT2D eigenvalue weighted by molar-refractivity contribution is 5.73. The van der Waals surface area contributed by atoms with Crippen molar-refractivity contribution in [3.63, 3.8) is 0 Å². The normalized spacial score (nSPS) is 11.7. The predicted octanol–water partition coefficient (Wildman–Crippen LogP) is 4.99. The van der Waals surface area contributed by atoms with Crippen LogP contribution in [0.3, 0.4) is 0 Å². The minimum absolute atomic E-state index is 0.333. The Morgan fingerprint density at radius 1 is 0.846 bits per heavy atom. The molecule has 0 saturated heterocycles. The van der Waals surface area contributed by atoms with E-state index < -0.39 is 12.1 Å². The Kier molecular flexibility index (Phi) is 5.69. The van der Waals surface area contributed by atoms with Crippen LogP contribution >= 0.6 is 0 Å². The molecule has 26 heavy (non-hydrogen) atoms. The van der Waals surface area contributed by atoms with Gasteiger partial charge in [0.25, 0.3) is 0 Å². The summed E-state index contributed by atoms with van der Waals surface area (Å²) in [6, 6.07) is 25.6. The number of carbonyl (C=O) groups is 1. The molecule has 3 heteroatoms. The van der Waals surface area contributed by atoms with Crippen molar-refractivity contribution >= 4 is 5.97 Å². The van der Waals surface area contributed by atoms with Gasteiger partial charge in [-0.3, -0.25) is 0 Å². The predicted molar refractivity (Wildman–Crippen MR) is 103 cm³/mol. The van der Waals surface area contributed by atoms with Crippen LogP contribution in [-0.4, -0.2) is 17.2 Å². The van der Waals surface area contributed by atoms with Crippen LogP contribution in [0.2, 0.25) is 0 Å². The molecule has 0 aromatic heterocycles. The molecule has 0 spiro atoms. The molecule has 0 aliphatic rings. The van der Waals surface area contributed by atoms with Gasteiger partial charge in [0.1, 0.15) is 5.75 Å². The van der Waals surface area contributed by atoms with Crippen LogP contribution in [0.25, 0.3) is 11.1 Å². The summed E-state index contributed by atoms with van der Waals surface area (Å²) >= 11 is 0. The van der Waals surface area contributed by atoms with Gasteiger partial charge in [0.05, 0.1) is 0 Å². The van der Waals surface area contributed by atoms with E-state index in [2.05, 4.69) is 6.92 Å². The first-order valence-electron chi connectivity index (χ1n) is 8.78. The molecule has 0 aliphatic carbocycles. The maximum Gasteiger partial charge on any atom is 0.345 e. The van der Waals surface area contributed by atoms with Gasteiger partial charge in [-0.15, -0.1) is 0 Å². The summed E-state index contributed by atoms with van der Waals surface area (Å²) in [6.07, 6.45) is 0.386. The maximum absolute atomic E-state index is 11.6. The van der Waals surface area contributed by atoms with Crippen LogP contribution in [0.5, 0.6) is 5.75 Å². The molecule has 0 bridgehead atoms. The second-order valence-corrected chi connectivity index (χ2v) is 6.21. The number of hydrogen-bond acceptors (Lipinski definition) is 2. The molecule has 0 radical (unpaired) electrons. The molecule has 3 aromatic rings. The van der Waals surface area contributed by atoms with Gasteiger partial charge in [-0.1, -0.05) is 73.7 Å². The fourth-order valence-corrected chi connectivity index (χ4v) is 2.83. The average Bonchev–Trinajstić information content (AvgIpc) is 2.69. The smallest absolute Gasteiger partial charge is 0.345 e. The molecule has 3 nitrogen and oxygen atoms in total. The molecular formula is C23H22O3. The van der Waals surface area contributed by atoms with Crippen LogP contribution in [-0.2, 0) is 17.6 Å². The zero-order valence-corrected chi connectivity index (χ0v) is 14.8. The van der Waals surface area contributed by atoms with Crippen molar-refractivity contribution < 1.29 is 14.6 Å². The number of aliphatic carboxylic acids is 1. The van der Waals surface area contributed by atoms with E-state index in [1.165, 1.54) is 5.56 Å². The lowest BCUT2D eigenvalue weighted by Gasteiger charge is -2.16. The van der Waals surface area contributed by atoms with Crippen molar-refractivity contribution in [1.29, 1.82) is 0 Å². The van der Waals surface area contributed by atoms with E-state index in [-0.39, 0.29) is 0 Å². The zero-order valence-electron chi connectivity index (χ0n) is 14.8. The van der Waals surface area contributed by atoms with Gasteiger partial charge in [0.15, 0.2) is 6.10 Å².